The molecule has 3 nitrogen and oxygen atoms in total. The molecule has 0 aliphatic carbocycles. The summed E-state index contributed by atoms with van der Waals surface area (Å²) in [4.78, 5) is 4.64. The van der Waals surface area contributed by atoms with Crippen molar-refractivity contribution in [2.45, 2.75) is 0 Å². The lowest BCUT2D eigenvalue weighted by molar-refractivity contribution is 1.45. The number of hydrogen-bond acceptors (Lipinski definition) is 1. The summed E-state index contributed by atoms with van der Waals surface area (Å²) in [6, 6.07) is 29.8. The molecule has 3 heteroatoms. The van der Waals surface area contributed by atoms with Gasteiger partial charge in [0.15, 0.2) is 0 Å². The van der Waals surface area contributed by atoms with E-state index in [4.69, 9.17) is 0 Å². The first-order valence-corrected chi connectivity index (χ1v) is 7.18. The Balaban J connectivity index is 1.86. The van der Waals surface area contributed by atoms with Crippen molar-refractivity contribution >= 4 is 23.0 Å². The Morgan fingerprint density at radius 3 is 1.41 bits per heavy atom. The minimum Gasteiger partial charge on any atom is -0.326 e. The van der Waals surface area contributed by atoms with E-state index < -0.39 is 0 Å². The molecule has 3 aromatic carbocycles. The molecule has 0 aromatic heterocycles. The molecule has 0 amide bonds. The maximum atomic E-state index is 4.64. The van der Waals surface area contributed by atoms with Crippen LogP contribution in [-0.4, -0.2) is 5.96 Å². The van der Waals surface area contributed by atoms with Crippen molar-refractivity contribution in [2.24, 2.45) is 4.99 Å². The summed E-state index contributed by atoms with van der Waals surface area (Å²) in [6.07, 6.45) is 0. The van der Waals surface area contributed by atoms with Gasteiger partial charge >= 0.3 is 0 Å². The molecule has 108 valence electrons. The van der Waals surface area contributed by atoms with Crippen molar-refractivity contribution in [1.29, 1.82) is 0 Å². The zero-order valence-electron chi connectivity index (χ0n) is 12.1. The van der Waals surface area contributed by atoms with Crippen molar-refractivity contribution in [3.63, 3.8) is 0 Å². The molecule has 0 aliphatic rings. The third-order valence-corrected chi connectivity index (χ3v) is 3.07. The Hall–Kier alpha value is -3.07. The van der Waals surface area contributed by atoms with Crippen LogP contribution in [0.3, 0.4) is 0 Å². The van der Waals surface area contributed by atoms with Gasteiger partial charge in [-0.1, -0.05) is 54.6 Å². The van der Waals surface area contributed by atoms with Crippen LogP contribution in [0.2, 0.25) is 0 Å². The summed E-state index contributed by atoms with van der Waals surface area (Å²) in [5, 5.41) is 6.63. The minimum absolute atomic E-state index is 0.684. The van der Waals surface area contributed by atoms with Crippen molar-refractivity contribution in [2.75, 3.05) is 10.6 Å². The molecule has 0 heterocycles. The zero-order valence-corrected chi connectivity index (χ0v) is 12.1. The van der Waals surface area contributed by atoms with Gasteiger partial charge in [-0.05, 0) is 36.4 Å². The molecule has 3 rings (SSSR count). The van der Waals surface area contributed by atoms with E-state index in [0.717, 1.165) is 17.1 Å². The lowest BCUT2D eigenvalue weighted by Gasteiger charge is -2.12. The number of nitrogens with zero attached hydrogens (tertiary/aromatic N) is 1. The van der Waals surface area contributed by atoms with E-state index in [-0.39, 0.29) is 0 Å². The van der Waals surface area contributed by atoms with Gasteiger partial charge in [0.2, 0.25) is 5.96 Å². The van der Waals surface area contributed by atoms with Gasteiger partial charge < -0.3 is 10.6 Å². The summed E-state index contributed by atoms with van der Waals surface area (Å²) < 4.78 is 0. The second-order valence-corrected chi connectivity index (χ2v) is 4.78. The maximum Gasteiger partial charge on any atom is 0.205 e. The van der Waals surface area contributed by atoms with Crippen molar-refractivity contribution < 1.29 is 0 Å². The Morgan fingerprint density at radius 1 is 0.545 bits per heavy atom. The average molecular weight is 287 g/mol. The largest absolute Gasteiger partial charge is 0.326 e. The van der Waals surface area contributed by atoms with Gasteiger partial charge in [-0.25, -0.2) is 4.99 Å². The van der Waals surface area contributed by atoms with Gasteiger partial charge in [-0.3, -0.25) is 0 Å². The fourth-order valence-corrected chi connectivity index (χ4v) is 2.04. The lowest BCUT2D eigenvalue weighted by Crippen LogP contribution is -2.21. The molecule has 0 fully saturated rings. The van der Waals surface area contributed by atoms with Crippen molar-refractivity contribution in [3.05, 3.63) is 91.0 Å². The van der Waals surface area contributed by atoms with Gasteiger partial charge in [0.05, 0.1) is 5.69 Å². The van der Waals surface area contributed by atoms with E-state index in [0.29, 0.717) is 5.96 Å². The van der Waals surface area contributed by atoms with E-state index in [2.05, 4.69) is 15.6 Å². The maximum absolute atomic E-state index is 4.64. The highest BCUT2D eigenvalue weighted by atomic mass is 15.2. The number of rotatable bonds is 3. The molecule has 2 N–H and O–H groups in total. The first kappa shape index (κ1) is 13.9. The van der Waals surface area contributed by atoms with Crippen molar-refractivity contribution in [3.8, 4) is 0 Å². The number of aliphatic imine (C=N–C) groups is 1. The number of hydrogen-bond donors (Lipinski definition) is 2. The lowest BCUT2D eigenvalue weighted by atomic mass is 10.3. The standard InChI is InChI=1S/C19H17N3/c1-4-10-16(11-5-1)20-19(21-17-12-6-2-7-13-17)22-18-14-8-3-9-15-18/h1-15H,(H2,20,21,22). The molecule has 0 radical (unpaired) electrons. The first-order valence-electron chi connectivity index (χ1n) is 7.18. The van der Waals surface area contributed by atoms with Crippen LogP contribution in [0.1, 0.15) is 0 Å². The third kappa shape index (κ3) is 3.96. The molecule has 0 atom stereocenters. The highest BCUT2D eigenvalue weighted by Gasteiger charge is 2.01. The third-order valence-electron chi connectivity index (χ3n) is 3.07. The zero-order chi connectivity index (χ0) is 15.0. The predicted molar refractivity (Wildman–Crippen MR) is 93.7 cm³/mol. The van der Waals surface area contributed by atoms with Crippen LogP contribution in [0.4, 0.5) is 17.1 Å². The van der Waals surface area contributed by atoms with Gasteiger partial charge in [-0.2, -0.15) is 0 Å². The SMILES string of the molecule is c1ccc(N=C(Nc2ccccc2)Nc2ccccc2)cc1. The highest BCUT2D eigenvalue weighted by molar-refractivity contribution is 6.04. The number of nitrogens with one attached hydrogen (secondary N) is 2. The normalized spacial score (nSPS) is 9.82. The average Bonchev–Trinajstić information content (AvgIpc) is 2.57. The number of benzene rings is 3. The molecule has 0 aliphatic heterocycles. The minimum atomic E-state index is 0.684. The number of guanidine groups is 1. The fraction of sp³-hybridized carbons (Fsp3) is 0. The molecule has 3 aromatic rings. The molecule has 0 bridgehead atoms. The Kier molecular flexibility index (Phi) is 4.47. The van der Waals surface area contributed by atoms with Crippen LogP contribution in [0.5, 0.6) is 0 Å². The second-order valence-electron chi connectivity index (χ2n) is 4.78. The summed E-state index contributed by atoms with van der Waals surface area (Å²) in [7, 11) is 0. The Labute approximate surface area is 130 Å². The van der Waals surface area contributed by atoms with E-state index in [1.54, 1.807) is 0 Å². The quantitative estimate of drug-likeness (QED) is 0.531. The van der Waals surface area contributed by atoms with E-state index in [1.807, 2.05) is 91.0 Å². The summed E-state index contributed by atoms with van der Waals surface area (Å²) in [5.41, 5.74) is 2.87. The second kappa shape index (κ2) is 7.09. The molecule has 0 saturated carbocycles. The fourth-order valence-electron chi connectivity index (χ4n) is 2.04. The predicted octanol–water partition coefficient (Wildman–Crippen LogP) is 4.90. The van der Waals surface area contributed by atoms with Crippen LogP contribution in [-0.2, 0) is 0 Å². The smallest absolute Gasteiger partial charge is 0.205 e. The van der Waals surface area contributed by atoms with Gasteiger partial charge in [-0.15, -0.1) is 0 Å². The van der Waals surface area contributed by atoms with Crippen LogP contribution < -0.4 is 10.6 Å². The first-order chi connectivity index (χ1) is 10.9. The molecule has 0 saturated heterocycles. The molecular weight excluding hydrogens is 270 g/mol. The summed E-state index contributed by atoms with van der Waals surface area (Å²) in [6.45, 7) is 0. The van der Waals surface area contributed by atoms with Gasteiger partial charge in [0.25, 0.3) is 0 Å². The molecule has 0 spiro atoms. The molecule has 22 heavy (non-hydrogen) atoms. The van der Waals surface area contributed by atoms with Gasteiger partial charge in [0.1, 0.15) is 0 Å². The highest BCUT2D eigenvalue weighted by Crippen LogP contribution is 2.14. The van der Waals surface area contributed by atoms with Crippen LogP contribution in [0, 0.1) is 0 Å². The van der Waals surface area contributed by atoms with E-state index >= 15 is 0 Å². The van der Waals surface area contributed by atoms with E-state index in [1.165, 1.54) is 0 Å². The summed E-state index contributed by atoms with van der Waals surface area (Å²) >= 11 is 0. The molecular formula is C19H17N3. The molecule has 0 unspecified atom stereocenters. The van der Waals surface area contributed by atoms with Crippen LogP contribution >= 0.6 is 0 Å². The Morgan fingerprint density at radius 2 is 0.955 bits per heavy atom. The van der Waals surface area contributed by atoms with Crippen molar-refractivity contribution in [1.82, 2.24) is 0 Å². The van der Waals surface area contributed by atoms with Gasteiger partial charge in [0, 0.05) is 11.4 Å². The monoisotopic (exact) mass is 287 g/mol. The van der Waals surface area contributed by atoms with Crippen LogP contribution in [0.15, 0.2) is 96.0 Å². The number of para-hydroxylation sites is 3. The summed E-state index contributed by atoms with van der Waals surface area (Å²) in [5.74, 6) is 0.684. The topological polar surface area (TPSA) is 36.4 Å². The van der Waals surface area contributed by atoms with Crippen LogP contribution in [0.25, 0.3) is 0 Å². The number of anilines is 2. The Bertz CT molecular complexity index is 679. The van der Waals surface area contributed by atoms with E-state index in [9.17, 15) is 0 Å².